The van der Waals surface area contributed by atoms with Gasteiger partial charge in [0.1, 0.15) is 23.7 Å². The zero-order valence-corrected chi connectivity index (χ0v) is 22.8. The Kier molecular flexibility index (Phi) is 6.66. The van der Waals surface area contributed by atoms with Crippen LogP contribution >= 0.6 is 0 Å². The third kappa shape index (κ3) is 4.81. The van der Waals surface area contributed by atoms with Crippen LogP contribution in [0.25, 0.3) is 22.9 Å². The number of ether oxygens (including phenoxy) is 1. The number of H-pyrrole nitrogens is 1. The standard InChI is InChI=1S/C33H33N5O/c1-5-23-7-9-24(10-8-23)27-18-28-29(19-27)34-20-35-33(28)38-15-13-25(14-16-38)32-36-22(4)31(37-32)26-11-12-30(39-6-2)21(3)17-26/h1,7-12,17-18,20,25H,6,13-16,19H2,2-4H3,(H,36,37). The highest BCUT2D eigenvalue weighted by atomic mass is 16.5. The minimum absolute atomic E-state index is 0.396. The lowest BCUT2D eigenvalue weighted by Crippen LogP contribution is -2.34. The Hall–Kier alpha value is -4.37. The first-order valence-corrected chi connectivity index (χ1v) is 13.7. The Morgan fingerprint density at radius 3 is 2.54 bits per heavy atom. The molecule has 0 spiro atoms. The highest BCUT2D eigenvalue weighted by molar-refractivity contribution is 5.91. The van der Waals surface area contributed by atoms with Crippen LogP contribution in [0.5, 0.6) is 5.75 Å². The average Bonchev–Trinajstić information content (AvgIpc) is 3.58. The molecule has 0 radical (unpaired) electrons. The summed E-state index contributed by atoms with van der Waals surface area (Å²) in [5, 5.41) is 0. The van der Waals surface area contributed by atoms with Crippen LogP contribution in [0, 0.1) is 26.2 Å². The molecule has 1 N–H and O–H groups in total. The Morgan fingerprint density at radius 1 is 1.05 bits per heavy atom. The molecular weight excluding hydrogens is 482 g/mol. The largest absolute Gasteiger partial charge is 0.494 e. The third-order valence-electron chi connectivity index (χ3n) is 7.88. The van der Waals surface area contributed by atoms with Crippen molar-refractivity contribution in [2.45, 2.75) is 46.0 Å². The monoisotopic (exact) mass is 515 g/mol. The minimum Gasteiger partial charge on any atom is -0.494 e. The lowest BCUT2D eigenvalue weighted by molar-refractivity contribution is 0.338. The van der Waals surface area contributed by atoms with E-state index in [2.05, 4.69) is 65.0 Å². The van der Waals surface area contributed by atoms with Crippen molar-refractivity contribution in [3.63, 3.8) is 0 Å². The molecule has 6 heteroatoms. The predicted molar refractivity (Wildman–Crippen MR) is 157 cm³/mol. The molecule has 1 saturated heterocycles. The summed E-state index contributed by atoms with van der Waals surface area (Å²) in [4.78, 5) is 20.4. The van der Waals surface area contributed by atoms with E-state index in [1.165, 1.54) is 11.1 Å². The van der Waals surface area contributed by atoms with Gasteiger partial charge in [-0.15, -0.1) is 6.42 Å². The third-order valence-corrected chi connectivity index (χ3v) is 7.88. The van der Waals surface area contributed by atoms with Crippen LogP contribution in [0.15, 0.2) is 48.8 Å². The molecule has 1 aliphatic heterocycles. The second kappa shape index (κ2) is 10.4. The number of imidazole rings is 1. The van der Waals surface area contributed by atoms with Crippen molar-refractivity contribution in [1.82, 2.24) is 19.9 Å². The van der Waals surface area contributed by atoms with Gasteiger partial charge in [-0.3, -0.25) is 0 Å². The van der Waals surface area contributed by atoms with Crippen molar-refractivity contribution < 1.29 is 4.74 Å². The number of fused-ring (bicyclic) bond motifs is 1. The van der Waals surface area contributed by atoms with Gasteiger partial charge in [0, 0.05) is 47.8 Å². The number of piperidine rings is 1. The van der Waals surface area contributed by atoms with E-state index in [0.717, 1.165) is 89.1 Å². The summed E-state index contributed by atoms with van der Waals surface area (Å²) >= 11 is 0. The number of nitrogens with zero attached hydrogens (tertiary/aromatic N) is 4. The lowest BCUT2D eigenvalue weighted by atomic mass is 9.96. The quantitative estimate of drug-likeness (QED) is 0.303. The Balaban J connectivity index is 1.17. The van der Waals surface area contributed by atoms with Crippen LogP contribution < -0.4 is 9.64 Å². The number of aryl methyl sites for hydroxylation is 2. The van der Waals surface area contributed by atoms with E-state index in [4.69, 9.17) is 21.1 Å². The van der Waals surface area contributed by atoms with Gasteiger partial charge < -0.3 is 14.6 Å². The Bertz CT molecular complexity index is 1580. The topological polar surface area (TPSA) is 66.9 Å². The number of aromatic amines is 1. The number of allylic oxidation sites excluding steroid dienone is 1. The molecule has 2 aromatic carbocycles. The molecule has 0 amide bonds. The summed E-state index contributed by atoms with van der Waals surface area (Å²) in [5.41, 5.74) is 9.97. The number of terminal acetylenes is 1. The van der Waals surface area contributed by atoms with Crippen molar-refractivity contribution in [3.8, 4) is 29.4 Å². The first kappa shape index (κ1) is 24.9. The van der Waals surface area contributed by atoms with Gasteiger partial charge >= 0.3 is 0 Å². The number of hydrogen-bond donors (Lipinski definition) is 1. The highest BCUT2D eigenvalue weighted by Crippen LogP contribution is 2.38. The summed E-state index contributed by atoms with van der Waals surface area (Å²) < 4.78 is 5.72. The van der Waals surface area contributed by atoms with Crippen LogP contribution in [0.3, 0.4) is 0 Å². The van der Waals surface area contributed by atoms with Crippen LogP contribution in [-0.2, 0) is 6.42 Å². The van der Waals surface area contributed by atoms with E-state index in [1.807, 2.05) is 25.1 Å². The summed E-state index contributed by atoms with van der Waals surface area (Å²) in [5.74, 6) is 6.14. The van der Waals surface area contributed by atoms with Gasteiger partial charge in [0.2, 0.25) is 0 Å². The molecule has 6 nitrogen and oxygen atoms in total. The van der Waals surface area contributed by atoms with Gasteiger partial charge in [0.15, 0.2) is 0 Å². The summed E-state index contributed by atoms with van der Waals surface area (Å²) in [6.07, 6.45) is 12.4. The maximum atomic E-state index is 5.72. The molecule has 2 aliphatic rings. The van der Waals surface area contributed by atoms with Gasteiger partial charge in [0.25, 0.3) is 0 Å². The van der Waals surface area contributed by atoms with E-state index in [-0.39, 0.29) is 0 Å². The van der Waals surface area contributed by atoms with Gasteiger partial charge in [0.05, 0.1) is 18.0 Å². The number of anilines is 1. The first-order chi connectivity index (χ1) is 19.0. The van der Waals surface area contributed by atoms with Crippen molar-refractivity contribution in [3.05, 3.63) is 88.3 Å². The van der Waals surface area contributed by atoms with E-state index in [0.29, 0.717) is 12.5 Å². The van der Waals surface area contributed by atoms with Crippen LogP contribution in [0.2, 0.25) is 0 Å². The number of nitrogens with one attached hydrogen (secondary N) is 1. The van der Waals surface area contributed by atoms with Crippen molar-refractivity contribution in [1.29, 1.82) is 0 Å². The predicted octanol–water partition coefficient (Wildman–Crippen LogP) is 6.34. The maximum absolute atomic E-state index is 5.72. The number of aromatic nitrogens is 4. The van der Waals surface area contributed by atoms with Gasteiger partial charge in [-0.05, 0) is 86.7 Å². The van der Waals surface area contributed by atoms with Gasteiger partial charge in [-0.1, -0.05) is 18.1 Å². The molecule has 1 aliphatic carbocycles. The summed E-state index contributed by atoms with van der Waals surface area (Å²) in [7, 11) is 0. The molecule has 39 heavy (non-hydrogen) atoms. The maximum Gasteiger partial charge on any atom is 0.139 e. The smallest absolute Gasteiger partial charge is 0.139 e. The van der Waals surface area contributed by atoms with Crippen LogP contribution in [0.4, 0.5) is 5.82 Å². The Labute approximate surface area is 230 Å². The Morgan fingerprint density at radius 2 is 1.82 bits per heavy atom. The fourth-order valence-electron chi connectivity index (χ4n) is 5.77. The molecular formula is C33H33N5O. The second-order valence-electron chi connectivity index (χ2n) is 10.4. The zero-order chi connectivity index (χ0) is 26.9. The molecule has 2 aromatic heterocycles. The van der Waals surface area contributed by atoms with E-state index in [1.54, 1.807) is 6.33 Å². The number of hydrogen-bond acceptors (Lipinski definition) is 5. The molecule has 1 fully saturated rings. The average molecular weight is 516 g/mol. The molecule has 196 valence electrons. The molecule has 6 rings (SSSR count). The fourth-order valence-corrected chi connectivity index (χ4v) is 5.77. The van der Waals surface area contributed by atoms with Crippen molar-refractivity contribution in [2.24, 2.45) is 0 Å². The molecule has 3 heterocycles. The second-order valence-corrected chi connectivity index (χ2v) is 10.4. The molecule has 0 bridgehead atoms. The summed E-state index contributed by atoms with van der Waals surface area (Å²) in [6.45, 7) is 8.75. The van der Waals surface area contributed by atoms with E-state index < -0.39 is 0 Å². The first-order valence-electron chi connectivity index (χ1n) is 13.7. The molecule has 4 aromatic rings. The normalized spacial score (nSPS) is 15.1. The lowest BCUT2D eigenvalue weighted by Gasteiger charge is -2.32. The summed E-state index contributed by atoms with van der Waals surface area (Å²) in [6, 6.07) is 14.5. The zero-order valence-electron chi connectivity index (χ0n) is 22.8. The van der Waals surface area contributed by atoms with Crippen LogP contribution in [-0.4, -0.2) is 39.6 Å². The highest BCUT2D eigenvalue weighted by Gasteiger charge is 2.28. The van der Waals surface area contributed by atoms with E-state index >= 15 is 0 Å². The SMILES string of the molecule is C#Cc1ccc(C2=Cc3c(ncnc3N3CCC(c4nc(-c5ccc(OCC)c(C)c5)c(C)[nH]4)CC3)C2)cc1. The number of rotatable bonds is 6. The van der Waals surface area contributed by atoms with Gasteiger partial charge in [-0.25, -0.2) is 15.0 Å². The van der Waals surface area contributed by atoms with Crippen molar-refractivity contribution >= 4 is 17.5 Å². The number of benzene rings is 2. The van der Waals surface area contributed by atoms with Gasteiger partial charge in [-0.2, -0.15) is 0 Å². The molecule has 0 atom stereocenters. The minimum atomic E-state index is 0.396. The molecule has 0 unspecified atom stereocenters. The fraction of sp³-hybridized carbons (Fsp3) is 0.303. The van der Waals surface area contributed by atoms with Crippen molar-refractivity contribution in [2.75, 3.05) is 24.6 Å². The molecule has 0 saturated carbocycles. The van der Waals surface area contributed by atoms with Crippen LogP contribution in [0.1, 0.15) is 65.1 Å². The van der Waals surface area contributed by atoms with E-state index in [9.17, 15) is 0 Å².